The van der Waals surface area contributed by atoms with Crippen LogP contribution < -0.4 is 44.4 Å². The van der Waals surface area contributed by atoms with Gasteiger partial charge in [0.15, 0.2) is 23.1 Å². The highest BCUT2D eigenvalue weighted by Gasteiger charge is 2.22. The molecule has 26 heteroatoms. The number of hydrogen-bond acceptors (Lipinski definition) is 19. The van der Waals surface area contributed by atoms with E-state index < -0.39 is 5.97 Å². The van der Waals surface area contributed by atoms with Gasteiger partial charge in [-0.3, -0.25) is 50.0 Å². The SMILES string of the molecule is CC(=O)c1ccc(C(=O)CCc2ccc(C(=O)NCC3CCCO3)cc2)s1.CCc1ccc(C(=O)NCC2CCCO2)cc1.CCc1ccc(C(=O)O)cc1.Cl.NCC(=O)c1ccc(C(=O)CCc2ccc(C(=O)NCC3CCCO3)cc2)s1.NCc1ccc(C(=O)NCC2CCCO2)cc1.NN.[2H]CI. The van der Waals surface area contributed by atoms with E-state index in [2.05, 4.69) is 39.9 Å². The Kier molecular flexibility index (Phi) is 42.4. The Balaban J connectivity index is 0.000000284. The Hall–Kier alpha value is -7.77. The second-order valence-corrected chi connectivity index (χ2v) is 26.6. The number of rotatable bonds is 27. The first-order chi connectivity index (χ1) is 50.8. The number of benzene rings is 5. The number of ether oxygens (including phenoxy) is 4. The van der Waals surface area contributed by atoms with E-state index in [0.29, 0.717) is 105 Å². The number of aromatic carboxylic acids is 1. The van der Waals surface area contributed by atoms with Crippen LogP contribution in [0.4, 0.5) is 0 Å². The molecule has 4 unspecified atom stereocenters. The Labute approximate surface area is 645 Å². The molecule has 0 aliphatic carbocycles. The van der Waals surface area contributed by atoms with Crippen molar-refractivity contribution in [3.05, 3.63) is 221 Å². The summed E-state index contributed by atoms with van der Waals surface area (Å²) in [6, 6.07) is 43.4. The molecule has 0 saturated carbocycles. The van der Waals surface area contributed by atoms with Crippen LogP contribution in [0.5, 0.6) is 0 Å². The highest BCUT2D eigenvalue weighted by molar-refractivity contribution is 14.1. The molecule has 4 aliphatic heterocycles. The first-order valence-electron chi connectivity index (χ1n) is 35.7. The van der Waals surface area contributed by atoms with Gasteiger partial charge in [-0.25, -0.2) is 4.79 Å². The van der Waals surface area contributed by atoms with Crippen LogP contribution in [0.15, 0.2) is 146 Å². The number of carbonyl (C=O) groups is 9. The lowest BCUT2D eigenvalue weighted by Gasteiger charge is -2.11. The number of nitrogens with two attached hydrogens (primary N) is 4. The van der Waals surface area contributed by atoms with Crippen LogP contribution in [-0.4, -0.2) is 146 Å². The summed E-state index contributed by atoms with van der Waals surface area (Å²) in [5, 5.41) is 20.1. The largest absolute Gasteiger partial charge is 0.478 e. The molecule has 0 bridgehead atoms. The number of halogens is 2. The van der Waals surface area contributed by atoms with Crippen LogP contribution in [0.1, 0.15) is 205 Å². The number of carboxylic acid groups (broad SMARTS) is 1. The number of hydrazine groups is 1. The number of hydrogen-bond donors (Lipinski definition) is 9. The van der Waals surface area contributed by atoms with Gasteiger partial charge in [-0.2, -0.15) is 0 Å². The number of Topliss-reactive ketones (excluding diaryl/α,β-unsaturated/α-hetero) is 4. The van der Waals surface area contributed by atoms with Crippen LogP contribution in [0, 0.1) is 0 Å². The third-order valence-corrected chi connectivity index (χ3v) is 19.4. The van der Waals surface area contributed by atoms with Crippen molar-refractivity contribution in [3.63, 3.8) is 0 Å². The van der Waals surface area contributed by atoms with Gasteiger partial charge in [-0.1, -0.05) is 97.1 Å². The minimum Gasteiger partial charge on any atom is -0.478 e. The monoisotopic (exact) mass is 1610 g/mol. The Morgan fingerprint density at radius 1 is 0.438 bits per heavy atom. The number of carbonyl (C=O) groups excluding carboxylic acids is 8. The van der Waals surface area contributed by atoms with Crippen LogP contribution in [-0.2, 0) is 51.2 Å². The number of amides is 4. The lowest BCUT2D eigenvalue weighted by atomic mass is 10.0. The second-order valence-electron chi connectivity index (χ2n) is 24.4. The molecule has 4 aliphatic rings. The normalized spacial score (nSPS) is 15.9. The molecule has 7 aromatic rings. The van der Waals surface area contributed by atoms with Crippen molar-refractivity contribution < 1.29 is 68.6 Å². The van der Waals surface area contributed by atoms with Crippen molar-refractivity contribution in [2.24, 2.45) is 23.2 Å². The molecule has 0 spiro atoms. The highest BCUT2D eigenvalue weighted by Crippen LogP contribution is 2.23. The molecule has 5 aromatic carbocycles. The molecule has 4 saturated heterocycles. The van der Waals surface area contributed by atoms with Crippen LogP contribution in [0.3, 0.4) is 0 Å². The summed E-state index contributed by atoms with van der Waals surface area (Å²) in [4.78, 5) is 109. The van der Waals surface area contributed by atoms with Crippen molar-refractivity contribution in [2.45, 2.75) is 142 Å². The molecule has 105 heavy (non-hydrogen) atoms. The summed E-state index contributed by atoms with van der Waals surface area (Å²) < 4.78 is 28.1. The van der Waals surface area contributed by atoms with Crippen molar-refractivity contribution in [3.8, 4) is 0 Å². The highest BCUT2D eigenvalue weighted by atomic mass is 127. The summed E-state index contributed by atoms with van der Waals surface area (Å²) in [5.41, 5.74) is 19.2. The van der Waals surface area contributed by atoms with E-state index in [1.807, 2.05) is 102 Å². The molecule has 11 rings (SSSR count). The Morgan fingerprint density at radius 2 is 0.705 bits per heavy atom. The van der Waals surface area contributed by atoms with Gasteiger partial charge >= 0.3 is 5.97 Å². The summed E-state index contributed by atoms with van der Waals surface area (Å²) in [7, 11) is 0. The van der Waals surface area contributed by atoms with Crippen LogP contribution in [0.2, 0.25) is 0 Å². The second kappa shape index (κ2) is 50.7. The van der Waals surface area contributed by atoms with E-state index in [0.717, 1.165) is 118 Å². The van der Waals surface area contributed by atoms with Crippen LogP contribution in [0.25, 0.3) is 0 Å². The molecule has 4 atom stereocenters. The average molecular weight is 1620 g/mol. The maximum absolute atomic E-state index is 12.3. The maximum Gasteiger partial charge on any atom is 0.335 e. The predicted octanol–water partition coefficient (Wildman–Crippen LogP) is 11.7. The Morgan fingerprint density at radius 3 is 0.952 bits per heavy atom. The van der Waals surface area contributed by atoms with E-state index in [1.54, 1.807) is 72.8 Å². The molecule has 13 N–H and O–H groups in total. The van der Waals surface area contributed by atoms with Gasteiger partial charge in [-0.05, 0) is 202 Å². The van der Waals surface area contributed by atoms with Crippen LogP contribution >= 0.6 is 57.7 Å². The van der Waals surface area contributed by atoms with E-state index >= 15 is 0 Å². The standard InChI is InChI=1S/C21H24N2O4S.C21H23NO4S.C14H19NO2.C13H18N2O2.C9H10O2.CH3I.ClH.H4N2/c22-12-18(25)20-10-9-19(28-20)17(24)8-5-14-3-6-15(7-4-14)21(26)23-13-16-2-1-11-27-16;1-14(23)19-10-11-20(27-19)18(24)9-6-15-4-7-16(8-5-15)21(25)22-13-17-3-2-12-26-17;1-2-11-5-7-12(8-6-11)14(16)15-10-13-4-3-9-17-13;14-8-10-3-5-11(6-4-10)13(16)15-9-12-2-1-7-17-12;1-2-7-3-5-8(6-4-7)9(10)11;1-2;;1-2/h3-4,6-7,9-10,16H,1-2,5,8,11-13,22H2,(H,23,26);4-5,7-8,10-11,17H,2-3,6,9,12-13H2,1H3,(H,22,25);5-8,13H,2-4,9-10H2,1H3,(H,15,16);3-6,12H,1-2,7-9,14H2,(H,15,16);3-6H,2H2,1H3,(H,10,11);1H3;1H;1-2H2/i;;;;;1D;;. The van der Waals surface area contributed by atoms with Crippen molar-refractivity contribution >= 4 is 110 Å². The third kappa shape index (κ3) is 32.5. The fraction of sp³-hybridized carbons (Fsp3) is 0.405. The molecule has 6 heterocycles. The smallest absolute Gasteiger partial charge is 0.335 e. The lowest BCUT2D eigenvalue weighted by Crippen LogP contribution is -2.31. The fourth-order valence-electron chi connectivity index (χ4n) is 10.8. The molecule has 568 valence electrons. The molecule has 2 aromatic heterocycles. The number of ketones is 4. The number of alkyl halides is 1. The zero-order valence-electron chi connectivity index (χ0n) is 61.0. The number of thiophene rings is 2. The first-order valence-corrected chi connectivity index (χ1v) is 38.2. The van der Waals surface area contributed by atoms with E-state index in [-0.39, 0.29) is 90.1 Å². The zero-order chi connectivity index (χ0) is 76.3. The van der Waals surface area contributed by atoms with Crippen molar-refractivity contribution in [1.29, 1.82) is 0 Å². The van der Waals surface area contributed by atoms with E-state index in [4.69, 9.17) is 36.9 Å². The fourth-order valence-corrected chi connectivity index (χ4v) is 12.6. The predicted molar refractivity (Wildman–Crippen MR) is 424 cm³/mol. The topological polar surface area (TPSA) is 363 Å². The lowest BCUT2D eigenvalue weighted by molar-refractivity contribution is 0.0694. The molecule has 22 nitrogen and oxygen atoms in total. The van der Waals surface area contributed by atoms with Crippen molar-refractivity contribution in [1.82, 2.24) is 21.3 Å². The Bertz CT molecular complexity index is 3710. The summed E-state index contributed by atoms with van der Waals surface area (Å²) in [6.45, 7) is 11.5. The minimum atomic E-state index is -0.868. The van der Waals surface area contributed by atoms with Gasteiger partial charge in [-0.15, -0.1) is 35.1 Å². The summed E-state index contributed by atoms with van der Waals surface area (Å²) in [5.74, 6) is 6.70. The van der Waals surface area contributed by atoms with Gasteiger partial charge < -0.3 is 56.8 Å². The molecular formula is C79H102ClIN8O14S2. The maximum atomic E-state index is 12.3. The molecular weight excluding hydrogens is 1510 g/mol. The molecule has 0 radical (unpaired) electrons. The number of nitrogens with one attached hydrogen (secondary N) is 4. The zero-order valence-corrected chi connectivity index (χ0v) is 64.6. The van der Waals surface area contributed by atoms with E-state index in [1.165, 1.54) is 35.2 Å². The quantitative estimate of drug-likeness (QED) is 0.00759. The van der Waals surface area contributed by atoms with Crippen molar-refractivity contribution in [2.75, 3.05) is 64.1 Å². The van der Waals surface area contributed by atoms with Gasteiger partial charge in [0.25, 0.3) is 23.6 Å². The average Bonchev–Trinajstić information content (AvgIpc) is 1.14. The number of aryl methyl sites for hydroxylation is 4. The summed E-state index contributed by atoms with van der Waals surface area (Å²) in [6.07, 6.45) is 12.8. The molecule has 4 fully saturated rings. The molecule has 4 amide bonds. The van der Waals surface area contributed by atoms with Gasteiger partial charge in [0, 0.05) is 95.6 Å². The third-order valence-electron chi connectivity index (χ3n) is 17.0. The first kappa shape index (κ1) is 87.9. The summed E-state index contributed by atoms with van der Waals surface area (Å²) >= 11 is 4.39. The van der Waals surface area contributed by atoms with Gasteiger partial charge in [0.2, 0.25) is 0 Å². The van der Waals surface area contributed by atoms with E-state index in [9.17, 15) is 43.2 Å². The van der Waals surface area contributed by atoms with Gasteiger partial charge in [0.05, 0.1) is 56.0 Å². The minimum absolute atomic E-state index is 0. The number of carboxylic acids is 1. The van der Waals surface area contributed by atoms with Gasteiger partial charge in [0.1, 0.15) is 0 Å².